The van der Waals surface area contributed by atoms with E-state index in [1.54, 1.807) is 26.6 Å². The molecule has 1 heterocycles. The molecule has 0 aliphatic heterocycles. The van der Waals surface area contributed by atoms with Crippen molar-refractivity contribution in [2.45, 2.75) is 6.04 Å². The predicted octanol–water partition coefficient (Wildman–Crippen LogP) is 1.74. The Hall–Kier alpha value is -2.01. The zero-order chi connectivity index (χ0) is 13.0. The van der Waals surface area contributed by atoms with Crippen LogP contribution in [0.1, 0.15) is 17.4 Å². The van der Waals surface area contributed by atoms with Crippen LogP contribution in [-0.2, 0) is 0 Å². The van der Waals surface area contributed by atoms with Crippen LogP contribution < -0.4 is 14.8 Å². The monoisotopic (exact) mass is 247 g/mol. The maximum Gasteiger partial charge on any atom is 0.127 e. The van der Waals surface area contributed by atoms with E-state index in [0.29, 0.717) is 0 Å². The number of aromatic amines is 1. The van der Waals surface area contributed by atoms with E-state index in [2.05, 4.69) is 15.3 Å². The third-order valence-electron chi connectivity index (χ3n) is 2.83. The molecule has 0 amide bonds. The lowest BCUT2D eigenvalue weighted by Crippen LogP contribution is -2.19. The van der Waals surface area contributed by atoms with Gasteiger partial charge in [0.2, 0.25) is 0 Å². The Kier molecular flexibility index (Phi) is 3.84. The largest absolute Gasteiger partial charge is 0.497 e. The van der Waals surface area contributed by atoms with Gasteiger partial charge in [0.15, 0.2) is 0 Å². The minimum Gasteiger partial charge on any atom is -0.497 e. The summed E-state index contributed by atoms with van der Waals surface area (Å²) in [5.74, 6) is 2.42. The highest BCUT2D eigenvalue weighted by Crippen LogP contribution is 2.31. The van der Waals surface area contributed by atoms with Crippen molar-refractivity contribution in [1.82, 2.24) is 15.3 Å². The first kappa shape index (κ1) is 12.4. The summed E-state index contributed by atoms with van der Waals surface area (Å²) in [5, 5.41) is 3.22. The van der Waals surface area contributed by atoms with Crippen LogP contribution in [0.4, 0.5) is 0 Å². The minimum atomic E-state index is -0.0648. The first-order valence-corrected chi connectivity index (χ1v) is 5.68. The summed E-state index contributed by atoms with van der Waals surface area (Å²) in [4.78, 5) is 7.39. The van der Waals surface area contributed by atoms with Crippen molar-refractivity contribution in [3.05, 3.63) is 42.0 Å². The fourth-order valence-electron chi connectivity index (χ4n) is 1.94. The van der Waals surface area contributed by atoms with Crippen molar-refractivity contribution in [3.8, 4) is 11.5 Å². The number of methoxy groups -OCH3 is 2. The Morgan fingerprint density at radius 3 is 2.67 bits per heavy atom. The minimum absolute atomic E-state index is 0.0648. The fraction of sp³-hybridized carbons (Fsp3) is 0.308. The molecule has 0 bridgehead atoms. The summed E-state index contributed by atoms with van der Waals surface area (Å²) < 4.78 is 10.6. The Labute approximate surface area is 106 Å². The van der Waals surface area contributed by atoms with Crippen LogP contribution in [0.15, 0.2) is 30.6 Å². The number of ether oxygens (including phenoxy) is 2. The number of hydrogen-bond acceptors (Lipinski definition) is 4. The number of nitrogens with one attached hydrogen (secondary N) is 2. The molecule has 0 saturated carbocycles. The van der Waals surface area contributed by atoms with Gasteiger partial charge in [-0.1, -0.05) is 0 Å². The van der Waals surface area contributed by atoms with Crippen molar-refractivity contribution in [3.63, 3.8) is 0 Å². The second-order valence-corrected chi connectivity index (χ2v) is 3.80. The quantitative estimate of drug-likeness (QED) is 0.845. The smallest absolute Gasteiger partial charge is 0.127 e. The maximum atomic E-state index is 5.39. The average Bonchev–Trinajstić information content (AvgIpc) is 2.93. The van der Waals surface area contributed by atoms with Gasteiger partial charge in [0.05, 0.1) is 20.3 Å². The predicted molar refractivity (Wildman–Crippen MR) is 69.0 cm³/mol. The van der Waals surface area contributed by atoms with Gasteiger partial charge in [0.25, 0.3) is 0 Å². The standard InChI is InChI=1S/C13H17N3O2/c1-14-12(13-15-6-7-16-13)10-8-9(17-2)4-5-11(10)18-3/h4-8,12,14H,1-3H3,(H,15,16). The van der Waals surface area contributed by atoms with E-state index in [0.717, 1.165) is 22.9 Å². The van der Waals surface area contributed by atoms with Gasteiger partial charge in [0, 0.05) is 18.0 Å². The second kappa shape index (κ2) is 5.55. The SMILES string of the molecule is CNC(c1ncc[nH]1)c1cc(OC)ccc1OC. The first-order chi connectivity index (χ1) is 8.80. The van der Waals surface area contributed by atoms with Crippen LogP contribution in [0.25, 0.3) is 0 Å². The van der Waals surface area contributed by atoms with Gasteiger partial charge in [0.1, 0.15) is 17.3 Å². The number of imidazole rings is 1. The van der Waals surface area contributed by atoms with E-state index in [1.165, 1.54) is 0 Å². The molecule has 96 valence electrons. The Morgan fingerprint density at radius 2 is 2.11 bits per heavy atom. The van der Waals surface area contributed by atoms with Gasteiger partial charge in [-0.15, -0.1) is 0 Å². The van der Waals surface area contributed by atoms with E-state index in [4.69, 9.17) is 9.47 Å². The maximum absolute atomic E-state index is 5.39. The summed E-state index contributed by atoms with van der Waals surface area (Å²) in [6, 6.07) is 5.64. The lowest BCUT2D eigenvalue weighted by molar-refractivity contribution is 0.394. The van der Waals surface area contributed by atoms with Crippen LogP contribution in [0.5, 0.6) is 11.5 Å². The highest BCUT2D eigenvalue weighted by molar-refractivity contribution is 5.44. The van der Waals surface area contributed by atoms with Crippen LogP contribution >= 0.6 is 0 Å². The van der Waals surface area contributed by atoms with Gasteiger partial charge < -0.3 is 19.8 Å². The highest BCUT2D eigenvalue weighted by atomic mass is 16.5. The summed E-state index contributed by atoms with van der Waals surface area (Å²) in [5.41, 5.74) is 0.981. The number of hydrogen-bond donors (Lipinski definition) is 2. The zero-order valence-electron chi connectivity index (χ0n) is 10.7. The zero-order valence-corrected chi connectivity index (χ0v) is 10.7. The fourth-order valence-corrected chi connectivity index (χ4v) is 1.94. The Balaban J connectivity index is 2.46. The topological polar surface area (TPSA) is 59.2 Å². The number of nitrogens with zero attached hydrogens (tertiary/aromatic N) is 1. The molecule has 1 aromatic heterocycles. The Bertz CT molecular complexity index is 497. The van der Waals surface area contributed by atoms with Gasteiger partial charge in [-0.05, 0) is 25.2 Å². The van der Waals surface area contributed by atoms with Crippen molar-refractivity contribution < 1.29 is 9.47 Å². The van der Waals surface area contributed by atoms with E-state index >= 15 is 0 Å². The van der Waals surface area contributed by atoms with Crippen LogP contribution in [0.2, 0.25) is 0 Å². The van der Waals surface area contributed by atoms with Crippen molar-refractivity contribution >= 4 is 0 Å². The molecule has 18 heavy (non-hydrogen) atoms. The van der Waals surface area contributed by atoms with Crippen LogP contribution in [-0.4, -0.2) is 31.2 Å². The third kappa shape index (κ3) is 2.31. The molecule has 5 heteroatoms. The lowest BCUT2D eigenvalue weighted by atomic mass is 10.0. The molecular formula is C13H17N3O2. The molecular weight excluding hydrogens is 230 g/mol. The van der Waals surface area contributed by atoms with E-state index in [-0.39, 0.29) is 6.04 Å². The van der Waals surface area contributed by atoms with Gasteiger partial charge >= 0.3 is 0 Å². The molecule has 5 nitrogen and oxygen atoms in total. The summed E-state index contributed by atoms with van der Waals surface area (Å²) in [7, 11) is 5.18. The molecule has 2 aromatic rings. The molecule has 2 rings (SSSR count). The molecule has 1 aromatic carbocycles. The molecule has 0 radical (unpaired) electrons. The second-order valence-electron chi connectivity index (χ2n) is 3.80. The van der Waals surface area contributed by atoms with E-state index in [1.807, 2.05) is 25.2 Å². The first-order valence-electron chi connectivity index (χ1n) is 5.68. The normalized spacial score (nSPS) is 12.2. The molecule has 1 unspecified atom stereocenters. The molecule has 0 aliphatic carbocycles. The number of benzene rings is 1. The highest BCUT2D eigenvalue weighted by Gasteiger charge is 2.19. The van der Waals surface area contributed by atoms with E-state index in [9.17, 15) is 0 Å². The molecule has 0 saturated heterocycles. The van der Waals surface area contributed by atoms with Gasteiger partial charge in [-0.3, -0.25) is 0 Å². The van der Waals surface area contributed by atoms with Crippen LogP contribution in [0, 0.1) is 0 Å². The average molecular weight is 247 g/mol. The molecule has 2 N–H and O–H groups in total. The molecule has 1 atom stereocenters. The summed E-state index contributed by atoms with van der Waals surface area (Å²) >= 11 is 0. The molecule has 0 fully saturated rings. The van der Waals surface area contributed by atoms with Crippen LogP contribution in [0.3, 0.4) is 0 Å². The van der Waals surface area contributed by atoms with Gasteiger partial charge in [-0.25, -0.2) is 4.98 Å². The van der Waals surface area contributed by atoms with Crippen molar-refractivity contribution in [1.29, 1.82) is 0 Å². The van der Waals surface area contributed by atoms with Crippen molar-refractivity contribution in [2.75, 3.05) is 21.3 Å². The summed E-state index contributed by atoms with van der Waals surface area (Å²) in [6.45, 7) is 0. The van der Waals surface area contributed by atoms with E-state index < -0.39 is 0 Å². The number of aromatic nitrogens is 2. The molecule has 0 aliphatic rings. The van der Waals surface area contributed by atoms with Crippen molar-refractivity contribution in [2.24, 2.45) is 0 Å². The third-order valence-corrected chi connectivity index (χ3v) is 2.83. The number of rotatable bonds is 5. The number of H-pyrrole nitrogens is 1. The lowest BCUT2D eigenvalue weighted by Gasteiger charge is -2.18. The van der Waals surface area contributed by atoms with Gasteiger partial charge in [-0.2, -0.15) is 0 Å². The molecule has 0 spiro atoms. The Morgan fingerprint density at radius 1 is 1.28 bits per heavy atom. The summed E-state index contributed by atoms with van der Waals surface area (Å²) in [6.07, 6.45) is 3.53.